The Kier molecular flexibility index (Phi) is 2.46. The van der Waals surface area contributed by atoms with Crippen LogP contribution < -0.4 is 0 Å². The van der Waals surface area contributed by atoms with Gasteiger partial charge in [-0.3, -0.25) is 10.1 Å². The second kappa shape index (κ2) is 3.99. The van der Waals surface area contributed by atoms with Crippen LogP contribution in [0.1, 0.15) is 48.3 Å². The molecule has 3 rings (SSSR count). The van der Waals surface area contributed by atoms with Crippen molar-refractivity contribution in [1.29, 1.82) is 0 Å². The smallest absolute Gasteiger partial charge is 0.238 e. The third kappa shape index (κ3) is 1.75. The topological polar surface area (TPSA) is 43.1 Å². The van der Waals surface area contributed by atoms with Crippen LogP contribution in [0.3, 0.4) is 0 Å². The molecule has 1 atom stereocenters. The molecule has 17 heavy (non-hydrogen) atoms. The summed E-state index contributed by atoms with van der Waals surface area (Å²) in [5, 5.41) is 10.7. The van der Waals surface area contributed by atoms with E-state index in [9.17, 15) is 10.1 Å². The van der Waals surface area contributed by atoms with E-state index in [-0.39, 0.29) is 4.92 Å². The molecule has 0 bridgehead atoms. The molecule has 0 spiro atoms. The summed E-state index contributed by atoms with van der Waals surface area (Å²) in [6, 6.07) is 6.27. The van der Waals surface area contributed by atoms with E-state index in [1.807, 2.05) is 12.1 Å². The van der Waals surface area contributed by atoms with Gasteiger partial charge in [-0.25, -0.2) is 0 Å². The second-order valence-corrected chi connectivity index (χ2v) is 4.95. The zero-order valence-corrected chi connectivity index (χ0v) is 9.69. The normalized spacial score (nSPS) is 24.5. The van der Waals surface area contributed by atoms with Gasteiger partial charge in [-0.05, 0) is 54.7 Å². The Morgan fingerprint density at radius 3 is 3.00 bits per heavy atom. The Bertz CT molecular complexity index is 505. The second-order valence-electron chi connectivity index (χ2n) is 4.95. The summed E-state index contributed by atoms with van der Waals surface area (Å²) < 4.78 is 0. The molecule has 0 saturated heterocycles. The van der Waals surface area contributed by atoms with Crippen molar-refractivity contribution in [2.45, 2.75) is 38.0 Å². The van der Waals surface area contributed by atoms with E-state index in [0.717, 1.165) is 30.4 Å². The molecule has 0 fully saturated rings. The van der Waals surface area contributed by atoms with E-state index in [1.54, 1.807) is 0 Å². The molecule has 0 aromatic heterocycles. The van der Waals surface area contributed by atoms with Crippen molar-refractivity contribution in [1.82, 2.24) is 0 Å². The molecule has 0 radical (unpaired) electrons. The number of hydrogen-bond donors (Lipinski definition) is 0. The number of aryl methyl sites for hydroxylation is 1. The number of allylic oxidation sites excluding steroid dienone is 1. The van der Waals surface area contributed by atoms with Crippen molar-refractivity contribution in [3.63, 3.8) is 0 Å². The zero-order valence-electron chi connectivity index (χ0n) is 9.69. The lowest BCUT2D eigenvalue weighted by atomic mass is 9.72. The third-order valence-corrected chi connectivity index (χ3v) is 3.97. The van der Waals surface area contributed by atoms with Crippen molar-refractivity contribution >= 4 is 5.57 Å². The lowest BCUT2D eigenvalue weighted by molar-refractivity contribution is -0.401. The first-order chi connectivity index (χ1) is 8.25. The van der Waals surface area contributed by atoms with E-state index in [0.29, 0.717) is 5.92 Å². The largest absolute Gasteiger partial charge is 0.259 e. The van der Waals surface area contributed by atoms with E-state index in [1.165, 1.54) is 30.2 Å². The van der Waals surface area contributed by atoms with Crippen LogP contribution in [0.15, 0.2) is 24.4 Å². The van der Waals surface area contributed by atoms with Crippen LogP contribution in [-0.2, 0) is 6.42 Å². The van der Waals surface area contributed by atoms with E-state index >= 15 is 0 Å². The first-order valence-corrected chi connectivity index (χ1v) is 6.22. The summed E-state index contributed by atoms with van der Waals surface area (Å²) in [6.07, 6.45) is 6.75. The minimum absolute atomic E-state index is 0.322. The molecule has 2 aliphatic rings. The molecule has 88 valence electrons. The maximum absolute atomic E-state index is 10.7. The van der Waals surface area contributed by atoms with Crippen LogP contribution in [0.5, 0.6) is 0 Å². The highest BCUT2D eigenvalue weighted by molar-refractivity contribution is 5.71. The fraction of sp³-hybridized carbons (Fsp3) is 0.429. The molecular weight excluding hydrogens is 214 g/mol. The SMILES string of the molecule is O=[N+]([O-])/C=C1\CCC2CCCc3cccc1c32. The van der Waals surface area contributed by atoms with Gasteiger partial charge >= 0.3 is 0 Å². The third-order valence-electron chi connectivity index (χ3n) is 3.97. The van der Waals surface area contributed by atoms with Crippen molar-refractivity contribution < 1.29 is 4.92 Å². The Morgan fingerprint density at radius 2 is 2.18 bits per heavy atom. The van der Waals surface area contributed by atoms with Gasteiger partial charge in [0.05, 0.1) is 4.92 Å². The van der Waals surface area contributed by atoms with E-state index in [4.69, 9.17) is 0 Å². The van der Waals surface area contributed by atoms with Crippen LogP contribution in [-0.4, -0.2) is 4.92 Å². The van der Waals surface area contributed by atoms with Crippen molar-refractivity contribution in [2.75, 3.05) is 0 Å². The molecule has 0 amide bonds. The van der Waals surface area contributed by atoms with Crippen LogP contribution >= 0.6 is 0 Å². The first kappa shape index (κ1) is 10.5. The van der Waals surface area contributed by atoms with Crippen molar-refractivity contribution in [3.8, 4) is 0 Å². The molecule has 0 saturated carbocycles. The molecule has 1 aromatic carbocycles. The van der Waals surface area contributed by atoms with Gasteiger partial charge in [0, 0.05) is 5.57 Å². The molecule has 1 aromatic rings. The van der Waals surface area contributed by atoms with Crippen LogP contribution in [0.25, 0.3) is 5.57 Å². The zero-order chi connectivity index (χ0) is 11.8. The van der Waals surface area contributed by atoms with Gasteiger partial charge in [0.25, 0.3) is 0 Å². The Labute approximate surface area is 100 Å². The van der Waals surface area contributed by atoms with Gasteiger partial charge in [0.15, 0.2) is 0 Å². The first-order valence-electron chi connectivity index (χ1n) is 6.22. The van der Waals surface area contributed by atoms with Crippen molar-refractivity contribution in [3.05, 3.63) is 51.2 Å². The molecule has 3 nitrogen and oxygen atoms in total. The van der Waals surface area contributed by atoms with E-state index in [2.05, 4.69) is 6.07 Å². The summed E-state index contributed by atoms with van der Waals surface area (Å²) in [7, 11) is 0. The number of nitrogens with zero attached hydrogens (tertiary/aromatic N) is 1. The highest BCUT2D eigenvalue weighted by Crippen LogP contribution is 2.45. The van der Waals surface area contributed by atoms with E-state index < -0.39 is 0 Å². The predicted octanol–water partition coefficient (Wildman–Crippen LogP) is 3.52. The molecule has 0 N–H and O–H groups in total. The summed E-state index contributed by atoms with van der Waals surface area (Å²) in [5.74, 6) is 0.638. The van der Waals surface area contributed by atoms with Gasteiger partial charge in [-0.2, -0.15) is 0 Å². The Balaban J connectivity index is 2.15. The Hall–Kier alpha value is -1.64. The van der Waals surface area contributed by atoms with Crippen LogP contribution in [0, 0.1) is 10.1 Å². The average molecular weight is 229 g/mol. The summed E-state index contributed by atoms with van der Waals surface area (Å²) in [5.41, 5.74) is 4.85. The highest BCUT2D eigenvalue weighted by Gasteiger charge is 2.29. The summed E-state index contributed by atoms with van der Waals surface area (Å²) in [4.78, 5) is 10.3. The van der Waals surface area contributed by atoms with Crippen LogP contribution in [0.4, 0.5) is 0 Å². The van der Waals surface area contributed by atoms with Gasteiger partial charge in [-0.1, -0.05) is 18.2 Å². The molecule has 3 heteroatoms. The fourth-order valence-corrected chi connectivity index (χ4v) is 3.29. The predicted molar refractivity (Wildman–Crippen MR) is 66.3 cm³/mol. The fourth-order valence-electron chi connectivity index (χ4n) is 3.29. The molecular formula is C14H15NO2. The highest BCUT2D eigenvalue weighted by atomic mass is 16.6. The maximum atomic E-state index is 10.7. The molecule has 2 aliphatic carbocycles. The average Bonchev–Trinajstić information content (AvgIpc) is 2.33. The number of benzene rings is 1. The minimum atomic E-state index is -0.322. The van der Waals surface area contributed by atoms with Crippen LogP contribution in [0.2, 0.25) is 0 Å². The lowest BCUT2D eigenvalue weighted by Gasteiger charge is -2.32. The molecule has 1 unspecified atom stereocenters. The van der Waals surface area contributed by atoms with Crippen molar-refractivity contribution in [2.24, 2.45) is 0 Å². The van der Waals surface area contributed by atoms with Gasteiger partial charge in [0.2, 0.25) is 6.20 Å². The van der Waals surface area contributed by atoms with Gasteiger partial charge in [-0.15, -0.1) is 0 Å². The quantitative estimate of drug-likeness (QED) is 0.546. The standard InChI is InChI=1S/C14H15NO2/c16-15(17)9-12-8-7-11-4-1-3-10-5-2-6-13(12)14(10)11/h2,5-6,9,11H,1,3-4,7-8H2/b12-9+. The minimum Gasteiger partial charge on any atom is -0.259 e. The maximum Gasteiger partial charge on any atom is 0.238 e. The number of rotatable bonds is 1. The van der Waals surface area contributed by atoms with Gasteiger partial charge in [0.1, 0.15) is 0 Å². The lowest BCUT2D eigenvalue weighted by Crippen LogP contribution is -2.16. The van der Waals surface area contributed by atoms with Gasteiger partial charge < -0.3 is 0 Å². The monoisotopic (exact) mass is 229 g/mol. The Morgan fingerprint density at radius 1 is 1.29 bits per heavy atom. The number of nitro groups is 1. The summed E-state index contributed by atoms with van der Waals surface area (Å²) in [6.45, 7) is 0. The number of hydrogen-bond acceptors (Lipinski definition) is 2. The molecule has 0 aliphatic heterocycles. The molecule has 0 heterocycles. The summed E-state index contributed by atoms with van der Waals surface area (Å²) >= 11 is 0.